The van der Waals surface area contributed by atoms with Crippen LogP contribution in [0.1, 0.15) is 18.4 Å². The number of hydrogen-bond acceptors (Lipinski definition) is 4. The summed E-state index contributed by atoms with van der Waals surface area (Å²) in [5.41, 5.74) is 2.51. The molecule has 3 aromatic rings. The monoisotopic (exact) mass is 413 g/mol. The van der Waals surface area contributed by atoms with E-state index in [4.69, 9.17) is 4.74 Å². The molecule has 2 heterocycles. The third kappa shape index (κ3) is 4.63. The first kappa shape index (κ1) is 19.9. The summed E-state index contributed by atoms with van der Waals surface area (Å²) in [6.45, 7) is 2.78. The third-order valence-corrected chi connectivity index (χ3v) is 7.15. The Labute approximate surface area is 171 Å². The van der Waals surface area contributed by atoms with E-state index in [1.807, 2.05) is 6.07 Å². The van der Waals surface area contributed by atoms with E-state index in [1.54, 1.807) is 24.3 Å². The molecule has 2 aromatic carbocycles. The maximum atomic E-state index is 12.7. The Morgan fingerprint density at radius 3 is 2.72 bits per heavy atom. The van der Waals surface area contributed by atoms with Crippen LogP contribution in [0.25, 0.3) is 10.9 Å². The van der Waals surface area contributed by atoms with Crippen LogP contribution >= 0.6 is 0 Å². The lowest BCUT2D eigenvalue weighted by Gasteiger charge is -2.32. The fourth-order valence-electron chi connectivity index (χ4n) is 3.95. The van der Waals surface area contributed by atoms with Gasteiger partial charge in [0.1, 0.15) is 5.75 Å². The number of likely N-dealkylation sites (tertiary alicyclic amines) is 1. The second-order valence-electron chi connectivity index (χ2n) is 7.53. The standard InChI is InChI=1S/C22H27N3O3S/c1-28-19-5-4-6-20(15-19)29(26,27)24-18-10-13-25(14-11-18)12-9-17-16-23-22-8-3-2-7-21(17)22/h2-8,15-16,18,23-24H,9-14H2,1H3. The van der Waals surface area contributed by atoms with Gasteiger partial charge in [-0.15, -0.1) is 0 Å². The van der Waals surface area contributed by atoms with Gasteiger partial charge in [0, 0.05) is 35.8 Å². The molecular weight excluding hydrogens is 386 g/mol. The SMILES string of the molecule is COc1cccc(S(=O)(=O)NC2CCN(CCc3c[nH]c4ccccc34)CC2)c1. The number of H-pyrrole nitrogens is 1. The Hall–Kier alpha value is -2.35. The first-order valence-corrected chi connectivity index (χ1v) is 11.5. The quantitative estimate of drug-likeness (QED) is 0.624. The van der Waals surface area contributed by atoms with E-state index in [-0.39, 0.29) is 10.9 Å². The van der Waals surface area contributed by atoms with Crippen molar-refractivity contribution in [3.8, 4) is 5.75 Å². The summed E-state index contributed by atoms with van der Waals surface area (Å²) in [6.07, 6.45) is 4.72. The Morgan fingerprint density at radius 2 is 1.93 bits per heavy atom. The molecule has 2 N–H and O–H groups in total. The zero-order valence-electron chi connectivity index (χ0n) is 16.6. The average molecular weight is 414 g/mol. The molecule has 0 amide bonds. The summed E-state index contributed by atoms with van der Waals surface area (Å²) in [4.78, 5) is 5.99. The molecule has 154 valence electrons. The van der Waals surface area contributed by atoms with Crippen molar-refractivity contribution in [3.05, 3.63) is 60.3 Å². The number of fused-ring (bicyclic) bond motifs is 1. The molecule has 0 spiro atoms. The van der Waals surface area contributed by atoms with Crippen molar-refractivity contribution in [2.45, 2.75) is 30.2 Å². The number of nitrogens with zero attached hydrogens (tertiary/aromatic N) is 1. The van der Waals surface area contributed by atoms with Crippen LogP contribution in [0.3, 0.4) is 0 Å². The molecule has 1 fully saturated rings. The molecule has 0 bridgehead atoms. The highest BCUT2D eigenvalue weighted by atomic mass is 32.2. The van der Waals surface area contributed by atoms with Gasteiger partial charge < -0.3 is 14.6 Å². The highest BCUT2D eigenvalue weighted by Gasteiger charge is 2.25. The lowest BCUT2D eigenvalue weighted by atomic mass is 10.0. The van der Waals surface area contributed by atoms with Crippen molar-refractivity contribution in [3.63, 3.8) is 0 Å². The average Bonchev–Trinajstić information content (AvgIpc) is 3.16. The Kier molecular flexibility index (Phi) is 5.89. The van der Waals surface area contributed by atoms with Gasteiger partial charge in [-0.25, -0.2) is 13.1 Å². The third-order valence-electron chi connectivity index (χ3n) is 5.63. The predicted octanol–water partition coefficient (Wildman–Crippen LogP) is 3.16. The van der Waals surface area contributed by atoms with Gasteiger partial charge in [0.25, 0.3) is 0 Å². The van der Waals surface area contributed by atoms with Crippen LogP contribution in [-0.2, 0) is 16.4 Å². The van der Waals surface area contributed by atoms with Crippen molar-refractivity contribution in [1.82, 2.24) is 14.6 Å². The van der Waals surface area contributed by atoms with Gasteiger partial charge in [-0.3, -0.25) is 0 Å². The van der Waals surface area contributed by atoms with E-state index in [9.17, 15) is 8.42 Å². The fourth-order valence-corrected chi connectivity index (χ4v) is 5.29. The lowest BCUT2D eigenvalue weighted by Crippen LogP contribution is -2.45. The van der Waals surface area contributed by atoms with Crippen molar-refractivity contribution in [2.24, 2.45) is 0 Å². The molecule has 0 radical (unpaired) electrons. The van der Waals surface area contributed by atoms with E-state index in [0.29, 0.717) is 5.75 Å². The van der Waals surface area contributed by atoms with Gasteiger partial charge in [-0.1, -0.05) is 24.3 Å². The minimum absolute atomic E-state index is 0.0319. The number of sulfonamides is 1. The number of benzene rings is 2. The van der Waals surface area contributed by atoms with E-state index < -0.39 is 10.0 Å². The Balaban J connectivity index is 1.30. The fraction of sp³-hybridized carbons (Fsp3) is 0.364. The first-order chi connectivity index (χ1) is 14.0. The molecule has 29 heavy (non-hydrogen) atoms. The van der Waals surface area contributed by atoms with Gasteiger partial charge in [-0.05, 0) is 56.1 Å². The topological polar surface area (TPSA) is 74.4 Å². The second kappa shape index (κ2) is 8.57. The highest BCUT2D eigenvalue weighted by Crippen LogP contribution is 2.21. The van der Waals surface area contributed by atoms with Crippen molar-refractivity contribution in [1.29, 1.82) is 0 Å². The largest absolute Gasteiger partial charge is 0.497 e. The van der Waals surface area contributed by atoms with E-state index in [1.165, 1.54) is 23.6 Å². The minimum atomic E-state index is -3.53. The number of piperidine rings is 1. The van der Waals surface area contributed by atoms with Crippen LogP contribution < -0.4 is 9.46 Å². The summed E-state index contributed by atoms with van der Waals surface area (Å²) < 4.78 is 33.3. The van der Waals surface area contributed by atoms with Gasteiger partial charge in [0.05, 0.1) is 12.0 Å². The van der Waals surface area contributed by atoms with Crippen molar-refractivity contribution < 1.29 is 13.2 Å². The second-order valence-corrected chi connectivity index (χ2v) is 9.24. The number of aromatic amines is 1. The van der Waals surface area contributed by atoms with Crippen LogP contribution in [0, 0.1) is 0 Å². The zero-order valence-corrected chi connectivity index (χ0v) is 17.4. The summed E-state index contributed by atoms with van der Waals surface area (Å²) in [7, 11) is -2.00. The number of nitrogens with one attached hydrogen (secondary N) is 2. The molecule has 1 aromatic heterocycles. The molecular formula is C22H27N3O3S. The molecule has 0 aliphatic carbocycles. The molecule has 1 aliphatic heterocycles. The number of rotatable bonds is 7. The van der Waals surface area contributed by atoms with E-state index >= 15 is 0 Å². The number of methoxy groups -OCH3 is 1. The van der Waals surface area contributed by atoms with Crippen LogP contribution in [0.15, 0.2) is 59.6 Å². The summed E-state index contributed by atoms with van der Waals surface area (Å²) in [5, 5.41) is 1.29. The molecule has 0 saturated carbocycles. The molecule has 0 atom stereocenters. The van der Waals surface area contributed by atoms with Gasteiger partial charge in [-0.2, -0.15) is 0 Å². The predicted molar refractivity (Wildman–Crippen MR) is 115 cm³/mol. The molecule has 1 aliphatic rings. The lowest BCUT2D eigenvalue weighted by molar-refractivity contribution is 0.209. The van der Waals surface area contributed by atoms with E-state index in [0.717, 1.165) is 38.9 Å². The maximum Gasteiger partial charge on any atom is 0.240 e. The normalized spacial score (nSPS) is 16.3. The van der Waals surface area contributed by atoms with Crippen LogP contribution in [0.5, 0.6) is 5.75 Å². The number of para-hydroxylation sites is 1. The van der Waals surface area contributed by atoms with Gasteiger partial charge >= 0.3 is 0 Å². The smallest absolute Gasteiger partial charge is 0.240 e. The zero-order chi connectivity index (χ0) is 20.3. The Morgan fingerprint density at radius 1 is 1.14 bits per heavy atom. The maximum absolute atomic E-state index is 12.7. The number of ether oxygens (including phenoxy) is 1. The summed E-state index contributed by atoms with van der Waals surface area (Å²) >= 11 is 0. The number of hydrogen-bond donors (Lipinski definition) is 2. The summed E-state index contributed by atoms with van der Waals surface area (Å²) in [6, 6.07) is 14.9. The highest BCUT2D eigenvalue weighted by molar-refractivity contribution is 7.89. The van der Waals surface area contributed by atoms with E-state index in [2.05, 4.69) is 39.0 Å². The van der Waals surface area contributed by atoms with Gasteiger partial charge in [0.2, 0.25) is 10.0 Å². The van der Waals surface area contributed by atoms with Crippen LogP contribution in [0.4, 0.5) is 0 Å². The first-order valence-electron chi connectivity index (χ1n) is 9.99. The molecule has 1 saturated heterocycles. The Bertz CT molecular complexity index is 1070. The molecule has 4 rings (SSSR count). The van der Waals surface area contributed by atoms with Crippen molar-refractivity contribution >= 4 is 20.9 Å². The van der Waals surface area contributed by atoms with Crippen LogP contribution in [-0.4, -0.2) is 51.1 Å². The summed E-state index contributed by atoms with van der Waals surface area (Å²) in [5.74, 6) is 0.542. The minimum Gasteiger partial charge on any atom is -0.497 e. The van der Waals surface area contributed by atoms with Gasteiger partial charge in [0.15, 0.2) is 0 Å². The molecule has 6 nitrogen and oxygen atoms in total. The van der Waals surface area contributed by atoms with Crippen LogP contribution in [0.2, 0.25) is 0 Å². The molecule has 0 unspecified atom stereocenters. The van der Waals surface area contributed by atoms with Crippen molar-refractivity contribution in [2.75, 3.05) is 26.7 Å². The molecule has 7 heteroatoms. The number of aromatic nitrogens is 1.